The molecule has 0 saturated carbocycles. The van der Waals surface area contributed by atoms with Gasteiger partial charge in [-0.25, -0.2) is 0 Å². The lowest BCUT2D eigenvalue weighted by molar-refractivity contribution is 0.615. The van der Waals surface area contributed by atoms with Crippen molar-refractivity contribution in [3.05, 3.63) is 60.7 Å². The first-order valence-electron chi connectivity index (χ1n) is 5.14. The summed E-state index contributed by atoms with van der Waals surface area (Å²) in [7, 11) is -4.04. The monoisotopic (exact) mass is 265 g/mol. The molecule has 17 heavy (non-hydrogen) atoms. The van der Waals surface area contributed by atoms with Crippen LogP contribution in [0.1, 0.15) is 0 Å². The Kier molecular flexibility index (Phi) is 3.54. The van der Waals surface area contributed by atoms with E-state index in [4.69, 9.17) is 0 Å². The Morgan fingerprint density at radius 1 is 0.765 bits per heavy atom. The maximum atomic E-state index is 11.9. The summed E-state index contributed by atoms with van der Waals surface area (Å²) in [5.74, 6) is 0. The molecule has 0 amide bonds. The average molecular weight is 265 g/mol. The van der Waals surface area contributed by atoms with Crippen LogP contribution < -0.4 is 0 Å². The summed E-state index contributed by atoms with van der Waals surface area (Å²) in [6, 6.07) is 18.7. The maximum absolute atomic E-state index is 11.9. The molecule has 0 radical (unpaired) electrons. The molecule has 0 aliphatic carbocycles. The van der Waals surface area contributed by atoms with Crippen LogP contribution in [0.4, 0.5) is 0 Å². The first-order chi connectivity index (χ1) is 8.09. The van der Waals surface area contributed by atoms with Crippen LogP contribution in [0.3, 0.4) is 0 Å². The van der Waals surface area contributed by atoms with Crippen LogP contribution >= 0.6 is 0 Å². The summed E-state index contributed by atoms with van der Waals surface area (Å²) in [6.45, 7) is 0. The van der Waals surface area contributed by atoms with E-state index in [0.29, 0.717) is 0 Å². The van der Waals surface area contributed by atoms with Gasteiger partial charge >= 0.3 is 8.87 Å². The molecule has 2 rings (SSSR count). The summed E-state index contributed by atoms with van der Waals surface area (Å²) in [5, 5.41) is 0. The Morgan fingerprint density at radius 3 is 1.41 bits per heavy atom. The Balaban J connectivity index is 2.56. The van der Waals surface area contributed by atoms with Gasteiger partial charge in [0.1, 0.15) is 0 Å². The van der Waals surface area contributed by atoms with E-state index in [0.717, 1.165) is 9.79 Å². The van der Waals surface area contributed by atoms with Crippen LogP contribution in [-0.4, -0.2) is 14.7 Å². The highest BCUT2D eigenvalue weighted by Gasteiger charge is 2.36. The summed E-state index contributed by atoms with van der Waals surface area (Å²) in [6.07, 6.45) is 1.29. The van der Waals surface area contributed by atoms with Crippen LogP contribution in [0.5, 0.6) is 0 Å². The number of hydrogen-bond donors (Lipinski definition) is 0. The van der Waals surface area contributed by atoms with Gasteiger partial charge < -0.3 is 0 Å². The van der Waals surface area contributed by atoms with Crippen LogP contribution in [0.15, 0.2) is 70.5 Å². The van der Waals surface area contributed by atoms with Crippen molar-refractivity contribution in [2.45, 2.75) is 9.79 Å². The molecular weight excluding hydrogens is 252 g/mol. The molecule has 4 heteroatoms. The predicted octanol–water partition coefficient (Wildman–Crippen LogP) is 2.68. The van der Waals surface area contributed by atoms with Gasteiger partial charge in [-0.3, -0.25) is 0 Å². The fourth-order valence-electron chi connectivity index (χ4n) is 1.57. The first-order valence-corrected chi connectivity index (χ1v) is 8.77. The van der Waals surface area contributed by atoms with Crippen molar-refractivity contribution in [3.63, 3.8) is 0 Å². The molecule has 2 nitrogen and oxygen atoms in total. The first kappa shape index (κ1) is 12.2. The minimum atomic E-state index is -3.14. The SMILES string of the molecule is CS(=O)(=O)[S+](c1ccccc1)c1ccccc1. The standard InChI is InChI=1S/C13H13O2S2/c1-17(14,15)16(12-8-4-2-5-9-12)13-10-6-3-7-11-13/h2-11H,1H3/q+1. The van der Waals surface area contributed by atoms with E-state index in [1.54, 1.807) is 0 Å². The molecule has 0 fully saturated rings. The highest BCUT2D eigenvalue weighted by atomic mass is 33.2. The van der Waals surface area contributed by atoms with Gasteiger partial charge in [-0.05, 0) is 24.3 Å². The molecular formula is C13H13O2S2+. The molecule has 2 aromatic carbocycles. The summed E-state index contributed by atoms with van der Waals surface area (Å²) >= 11 is 0. The van der Waals surface area contributed by atoms with Crippen LogP contribution in [0.2, 0.25) is 0 Å². The molecule has 0 bridgehead atoms. The van der Waals surface area contributed by atoms with Crippen molar-refractivity contribution in [3.8, 4) is 0 Å². The van der Waals surface area contributed by atoms with E-state index in [-0.39, 0.29) is 0 Å². The minimum absolute atomic E-state index is 0.834. The molecule has 88 valence electrons. The summed E-state index contributed by atoms with van der Waals surface area (Å²) in [5.41, 5.74) is 0. The second-order valence-electron chi connectivity index (χ2n) is 3.60. The quantitative estimate of drug-likeness (QED) is 0.631. The normalized spacial score (nSPS) is 11.6. The molecule has 0 saturated heterocycles. The second kappa shape index (κ2) is 4.94. The largest absolute Gasteiger partial charge is 0.322 e. The average Bonchev–Trinajstić information content (AvgIpc) is 2.30. The minimum Gasteiger partial charge on any atom is -0.177 e. The van der Waals surface area contributed by atoms with E-state index >= 15 is 0 Å². The van der Waals surface area contributed by atoms with E-state index in [9.17, 15) is 8.42 Å². The fraction of sp³-hybridized carbons (Fsp3) is 0.0769. The van der Waals surface area contributed by atoms with Gasteiger partial charge in [0.2, 0.25) is 0 Å². The van der Waals surface area contributed by atoms with Gasteiger partial charge in [0.05, 0.1) is 6.26 Å². The van der Waals surface area contributed by atoms with Crippen LogP contribution in [0.25, 0.3) is 0 Å². The van der Waals surface area contributed by atoms with Gasteiger partial charge in [-0.15, -0.1) is 0 Å². The second-order valence-corrected chi connectivity index (χ2v) is 9.30. The lowest BCUT2D eigenvalue weighted by Gasteiger charge is -2.04. The molecule has 2 aromatic rings. The van der Waals surface area contributed by atoms with Gasteiger partial charge in [0, 0.05) is 0 Å². The Bertz CT molecular complexity index is 538. The highest BCUT2D eigenvalue weighted by Crippen LogP contribution is 2.27. The lowest BCUT2D eigenvalue weighted by atomic mass is 10.4. The van der Waals surface area contributed by atoms with Crippen molar-refractivity contribution < 1.29 is 8.42 Å². The smallest absolute Gasteiger partial charge is 0.177 e. The third-order valence-electron chi connectivity index (χ3n) is 2.22. The molecule has 0 aliphatic heterocycles. The van der Waals surface area contributed by atoms with E-state index in [1.807, 2.05) is 60.7 Å². The zero-order valence-electron chi connectivity index (χ0n) is 9.41. The van der Waals surface area contributed by atoms with Gasteiger partial charge in [0.25, 0.3) is 0 Å². The molecule has 0 atom stereocenters. The zero-order valence-corrected chi connectivity index (χ0v) is 11.0. The van der Waals surface area contributed by atoms with Gasteiger partial charge in [0.15, 0.2) is 19.7 Å². The van der Waals surface area contributed by atoms with Crippen molar-refractivity contribution in [2.24, 2.45) is 0 Å². The number of hydrogen-bond acceptors (Lipinski definition) is 2. The predicted molar refractivity (Wildman–Crippen MR) is 71.6 cm³/mol. The lowest BCUT2D eigenvalue weighted by Crippen LogP contribution is -2.15. The third kappa shape index (κ3) is 2.90. The molecule has 0 spiro atoms. The molecule has 0 unspecified atom stereocenters. The summed E-state index contributed by atoms with van der Waals surface area (Å²) in [4.78, 5) is 1.67. The molecule has 0 heterocycles. The molecule has 0 N–H and O–H groups in total. The molecule has 0 aromatic heterocycles. The molecule has 0 aliphatic rings. The Hall–Kier alpha value is -1.26. The highest BCUT2D eigenvalue weighted by molar-refractivity contribution is 8.69. The topological polar surface area (TPSA) is 34.1 Å². The van der Waals surface area contributed by atoms with Crippen molar-refractivity contribution in [1.29, 1.82) is 0 Å². The number of benzene rings is 2. The van der Waals surface area contributed by atoms with E-state index in [1.165, 1.54) is 6.26 Å². The summed E-state index contributed by atoms with van der Waals surface area (Å²) < 4.78 is 23.9. The van der Waals surface area contributed by atoms with Gasteiger partial charge in [-0.2, -0.15) is 8.42 Å². The fourth-order valence-corrected chi connectivity index (χ4v) is 6.12. The van der Waals surface area contributed by atoms with Crippen molar-refractivity contribution >= 4 is 18.8 Å². The number of rotatable bonds is 3. The van der Waals surface area contributed by atoms with E-state index in [2.05, 4.69) is 0 Å². The van der Waals surface area contributed by atoms with E-state index < -0.39 is 18.8 Å². The van der Waals surface area contributed by atoms with Gasteiger partial charge in [-0.1, -0.05) is 36.4 Å². The van der Waals surface area contributed by atoms with Crippen molar-refractivity contribution in [1.82, 2.24) is 0 Å². The Labute approximate surface area is 104 Å². The third-order valence-corrected chi connectivity index (χ3v) is 7.19. The zero-order chi connectivity index (χ0) is 12.3. The van der Waals surface area contributed by atoms with Crippen LogP contribution in [0, 0.1) is 0 Å². The Morgan fingerprint density at radius 2 is 1.12 bits per heavy atom. The van der Waals surface area contributed by atoms with Crippen molar-refractivity contribution in [2.75, 3.05) is 6.26 Å². The maximum Gasteiger partial charge on any atom is 0.322 e. The van der Waals surface area contributed by atoms with Crippen LogP contribution in [-0.2, 0) is 18.8 Å².